The summed E-state index contributed by atoms with van der Waals surface area (Å²) in [6, 6.07) is 10.4. The third-order valence-electron chi connectivity index (χ3n) is 5.05. The van der Waals surface area contributed by atoms with Crippen LogP contribution in [0.3, 0.4) is 0 Å². The Morgan fingerprint density at radius 1 is 1.14 bits per heavy atom. The van der Waals surface area contributed by atoms with Crippen LogP contribution in [0.25, 0.3) is 15.2 Å². The highest BCUT2D eigenvalue weighted by atomic mass is 32.2. The topological polar surface area (TPSA) is 34.4 Å². The van der Waals surface area contributed by atoms with Crippen LogP contribution in [0.2, 0.25) is 0 Å². The Labute approximate surface area is 185 Å². The molecule has 0 saturated carbocycles. The summed E-state index contributed by atoms with van der Waals surface area (Å²) in [5.41, 5.74) is 2.38. The van der Waals surface area contributed by atoms with E-state index in [1.54, 1.807) is 34.4 Å². The summed E-state index contributed by atoms with van der Waals surface area (Å²) in [7, 11) is 0. The maximum absolute atomic E-state index is 12.9. The smallest absolute Gasteiger partial charge is 0.277 e. The average Bonchev–Trinajstić information content (AvgIpc) is 3.29. The highest BCUT2D eigenvalue weighted by molar-refractivity contribution is 8.01. The summed E-state index contributed by atoms with van der Waals surface area (Å²) < 4.78 is 3.40. The second kappa shape index (κ2) is 8.19. The van der Waals surface area contributed by atoms with E-state index in [1.807, 2.05) is 17.8 Å². The van der Waals surface area contributed by atoms with E-state index in [0.717, 1.165) is 44.4 Å². The van der Waals surface area contributed by atoms with Gasteiger partial charge in [0, 0.05) is 15.5 Å². The Morgan fingerprint density at radius 2 is 1.97 bits per heavy atom. The Bertz CT molecular complexity index is 1290. The van der Waals surface area contributed by atoms with Crippen LogP contribution in [0.15, 0.2) is 44.2 Å². The quantitative estimate of drug-likeness (QED) is 0.279. The third-order valence-corrected chi connectivity index (χ3v) is 9.64. The first kappa shape index (κ1) is 19.3. The number of thiophene rings is 1. The molecule has 3 nitrogen and oxygen atoms in total. The lowest BCUT2D eigenvalue weighted by molar-refractivity contribution is 0.700. The van der Waals surface area contributed by atoms with Crippen LogP contribution >= 0.6 is 46.2 Å². The second-order valence-electron chi connectivity index (χ2n) is 6.86. The summed E-state index contributed by atoms with van der Waals surface area (Å²) >= 11 is 6.85. The number of fused-ring (bicyclic) bond motifs is 5. The lowest BCUT2D eigenvalue weighted by atomic mass is 9.97. The van der Waals surface area contributed by atoms with Crippen LogP contribution in [0, 0.1) is 12.3 Å². The van der Waals surface area contributed by atoms with E-state index in [0.29, 0.717) is 5.75 Å². The van der Waals surface area contributed by atoms with E-state index in [9.17, 15) is 4.79 Å². The standard InChI is InChI=1S/C22H18N2OS4/c1-2-12-26-21-16(13-27-14-8-4-3-5-9-14)24-20-18(19(25)23-22(24)29-21)15-10-6-7-11-17(15)28-20/h1,3-5,8-9H,6-7,10-13H2. The SMILES string of the molecule is C#CCSc1sc2nc(=O)c3c4c(sc3n2c1CSc1ccccc1)CCCC4. The van der Waals surface area contributed by atoms with Crippen molar-refractivity contribution in [1.29, 1.82) is 0 Å². The Hall–Kier alpha value is -1.72. The van der Waals surface area contributed by atoms with E-state index in [-0.39, 0.29) is 5.56 Å². The van der Waals surface area contributed by atoms with Crippen LogP contribution in [0.5, 0.6) is 0 Å². The summed E-state index contributed by atoms with van der Waals surface area (Å²) in [6.07, 6.45) is 9.96. The molecule has 7 heteroatoms. The number of terminal acetylenes is 1. The predicted octanol–water partition coefficient (Wildman–Crippen LogP) is 5.87. The molecule has 0 N–H and O–H groups in total. The van der Waals surface area contributed by atoms with Gasteiger partial charge < -0.3 is 0 Å². The molecule has 4 aromatic rings. The summed E-state index contributed by atoms with van der Waals surface area (Å²) in [6.45, 7) is 0. The van der Waals surface area contributed by atoms with Gasteiger partial charge in [-0.3, -0.25) is 9.20 Å². The number of aryl methyl sites for hydroxylation is 2. The molecule has 29 heavy (non-hydrogen) atoms. The van der Waals surface area contributed by atoms with Gasteiger partial charge in [0.05, 0.1) is 21.0 Å². The molecule has 0 aliphatic heterocycles. The maximum atomic E-state index is 12.9. The normalized spacial score (nSPS) is 13.6. The van der Waals surface area contributed by atoms with Gasteiger partial charge in [-0.2, -0.15) is 4.98 Å². The molecule has 146 valence electrons. The molecule has 3 heterocycles. The van der Waals surface area contributed by atoms with Crippen LogP contribution in [0.4, 0.5) is 0 Å². The molecule has 0 amide bonds. The van der Waals surface area contributed by atoms with E-state index < -0.39 is 0 Å². The van der Waals surface area contributed by atoms with Crippen LogP contribution in [-0.4, -0.2) is 15.1 Å². The number of hydrogen-bond acceptors (Lipinski definition) is 6. The fourth-order valence-corrected chi connectivity index (χ4v) is 8.38. The zero-order valence-electron chi connectivity index (χ0n) is 15.6. The van der Waals surface area contributed by atoms with Gasteiger partial charge in [-0.1, -0.05) is 35.5 Å². The fraction of sp³-hybridized carbons (Fsp3) is 0.273. The summed E-state index contributed by atoms with van der Waals surface area (Å²) in [4.78, 5) is 21.8. The molecule has 0 fully saturated rings. The van der Waals surface area contributed by atoms with E-state index in [1.165, 1.54) is 27.5 Å². The second-order valence-corrected chi connectivity index (χ2v) is 11.2. The van der Waals surface area contributed by atoms with Crippen molar-refractivity contribution in [2.75, 3.05) is 5.75 Å². The highest BCUT2D eigenvalue weighted by Crippen LogP contribution is 2.40. The highest BCUT2D eigenvalue weighted by Gasteiger charge is 2.24. The molecule has 0 atom stereocenters. The van der Waals surface area contributed by atoms with E-state index in [4.69, 9.17) is 6.42 Å². The minimum atomic E-state index is -0.0728. The maximum Gasteiger partial charge on any atom is 0.282 e. The molecule has 0 saturated heterocycles. The van der Waals surface area contributed by atoms with Gasteiger partial charge in [-0.05, 0) is 43.4 Å². The van der Waals surface area contributed by atoms with Crippen LogP contribution in [-0.2, 0) is 18.6 Å². The number of aromatic nitrogens is 2. The number of thiazole rings is 1. The Morgan fingerprint density at radius 3 is 2.79 bits per heavy atom. The molecule has 1 aromatic carbocycles. The van der Waals surface area contributed by atoms with Gasteiger partial charge in [0.1, 0.15) is 4.83 Å². The minimum absolute atomic E-state index is 0.0728. The van der Waals surface area contributed by atoms with Gasteiger partial charge in [0.2, 0.25) is 0 Å². The molecule has 0 unspecified atom stereocenters. The number of nitrogens with zero attached hydrogens (tertiary/aromatic N) is 2. The molecule has 0 radical (unpaired) electrons. The Kier molecular flexibility index (Phi) is 5.44. The molecular weight excluding hydrogens is 437 g/mol. The third kappa shape index (κ3) is 3.53. The average molecular weight is 455 g/mol. The summed E-state index contributed by atoms with van der Waals surface area (Å²) in [5, 5.41) is 0.847. The number of rotatable bonds is 5. The molecule has 0 spiro atoms. The number of benzene rings is 1. The van der Waals surface area contributed by atoms with Crippen molar-refractivity contribution >= 4 is 61.4 Å². The first-order valence-corrected chi connectivity index (χ1v) is 13.1. The lowest BCUT2D eigenvalue weighted by Gasteiger charge is -2.09. The molecule has 5 rings (SSSR count). The first-order valence-electron chi connectivity index (χ1n) is 9.49. The fourth-order valence-electron chi connectivity index (χ4n) is 3.76. The minimum Gasteiger partial charge on any atom is -0.277 e. The molecule has 1 aliphatic carbocycles. The van der Waals surface area contributed by atoms with Crippen LogP contribution < -0.4 is 5.56 Å². The lowest BCUT2D eigenvalue weighted by Crippen LogP contribution is -2.11. The van der Waals surface area contributed by atoms with Crippen LogP contribution in [0.1, 0.15) is 29.0 Å². The Balaban J connectivity index is 1.70. The zero-order valence-corrected chi connectivity index (χ0v) is 18.9. The van der Waals surface area contributed by atoms with Gasteiger partial charge >= 0.3 is 0 Å². The van der Waals surface area contributed by atoms with Gasteiger partial charge in [0.25, 0.3) is 5.56 Å². The monoisotopic (exact) mass is 454 g/mol. The largest absolute Gasteiger partial charge is 0.282 e. The number of thioether (sulfide) groups is 2. The van der Waals surface area contributed by atoms with E-state index in [2.05, 4.69) is 39.6 Å². The zero-order chi connectivity index (χ0) is 19.8. The van der Waals surface area contributed by atoms with Crippen molar-refractivity contribution < 1.29 is 0 Å². The van der Waals surface area contributed by atoms with Crippen molar-refractivity contribution in [3.63, 3.8) is 0 Å². The van der Waals surface area contributed by atoms with Gasteiger partial charge in [-0.25, -0.2) is 0 Å². The van der Waals surface area contributed by atoms with Gasteiger partial charge in [0.15, 0.2) is 4.96 Å². The molecular formula is C22H18N2OS4. The molecule has 3 aromatic heterocycles. The molecule has 0 bridgehead atoms. The predicted molar refractivity (Wildman–Crippen MR) is 127 cm³/mol. The number of hydrogen-bond donors (Lipinski definition) is 0. The van der Waals surface area contributed by atoms with Crippen molar-refractivity contribution in [3.8, 4) is 12.3 Å². The van der Waals surface area contributed by atoms with Crippen molar-refractivity contribution in [1.82, 2.24) is 9.38 Å². The molecule has 1 aliphatic rings. The summed E-state index contributed by atoms with van der Waals surface area (Å²) in [5.74, 6) is 4.16. The first-order chi connectivity index (χ1) is 14.3. The van der Waals surface area contributed by atoms with Gasteiger partial charge in [-0.15, -0.1) is 41.3 Å². The van der Waals surface area contributed by atoms with Crippen molar-refractivity contribution in [2.24, 2.45) is 0 Å². The van der Waals surface area contributed by atoms with E-state index >= 15 is 0 Å². The van der Waals surface area contributed by atoms with Crippen molar-refractivity contribution in [3.05, 3.63) is 56.8 Å². The van der Waals surface area contributed by atoms with Crippen molar-refractivity contribution in [2.45, 2.75) is 40.5 Å².